The van der Waals surface area contributed by atoms with Crippen LogP contribution in [0.25, 0.3) is 0 Å². The Bertz CT molecular complexity index is 186. The van der Waals surface area contributed by atoms with Crippen molar-refractivity contribution in [1.82, 2.24) is 0 Å². The average Bonchev–Trinajstić information content (AvgIpc) is 2.33. The van der Waals surface area contributed by atoms with Gasteiger partial charge in [0, 0.05) is 6.42 Å². The van der Waals surface area contributed by atoms with Crippen molar-refractivity contribution in [1.29, 1.82) is 0 Å². The Balaban J connectivity index is 0.00000106. The van der Waals surface area contributed by atoms with Crippen LogP contribution in [-0.2, 0) is 14.3 Å². The Kier molecular flexibility index (Phi) is 8.32. The Morgan fingerprint density at radius 1 is 1.44 bits per heavy atom. The molecule has 0 amide bonds. The van der Waals surface area contributed by atoms with Crippen LogP contribution in [-0.4, -0.2) is 59.4 Å². The highest BCUT2D eigenvalue weighted by Crippen LogP contribution is 2.20. The van der Waals surface area contributed by atoms with Gasteiger partial charge < -0.3 is 29.6 Å². The van der Waals surface area contributed by atoms with Crippen molar-refractivity contribution in [3.8, 4) is 0 Å². The Morgan fingerprint density at radius 2 is 2.06 bits per heavy atom. The smallest absolute Gasteiger partial charge is 0.161 e. The Morgan fingerprint density at radius 3 is 2.56 bits per heavy atom. The number of ether oxygens (including phenoxy) is 2. The molecule has 4 unspecified atom stereocenters. The van der Waals surface area contributed by atoms with E-state index < -0.39 is 31.2 Å². The number of rotatable bonds is 4. The Labute approximate surface area is 94.8 Å². The summed E-state index contributed by atoms with van der Waals surface area (Å²) in [6, 6.07) is 0. The minimum Gasteiger partial charge on any atom is -0.394 e. The van der Waals surface area contributed by atoms with Gasteiger partial charge in [0.15, 0.2) is 6.29 Å². The molecule has 0 saturated carbocycles. The zero-order chi connectivity index (χ0) is 12.6. The van der Waals surface area contributed by atoms with Crippen LogP contribution in [0, 0.1) is 0 Å². The summed E-state index contributed by atoms with van der Waals surface area (Å²) in [5.41, 5.74) is 0. The van der Waals surface area contributed by atoms with E-state index in [1.807, 2.05) is 13.8 Å². The normalized spacial score (nSPS) is 33.8. The lowest BCUT2D eigenvalue weighted by Crippen LogP contribution is -2.50. The summed E-state index contributed by atoms with van der Waals surface area (Å²) in [7, 11) is 0. The van der Waals surface area contributed by atoms with E-state index in [1.54, 1.807) is 0 Å². The fourth-order valence-electron chi connectivity index (χ4n) is 1.32. The minimum absolute atomic E-state index is 0.0888. The molecule has 1 saturated heterocycles. The van der Waals surface area contributed by atoms with Crippen LogP contribution in [0.15, 0.2) is 0 Å². The largest absolute Gasteiger partial charge is 0.394 e. The molecule has 1 rings (SSSR count). The van der Waals surface area contributed by atoms with E-state index in [1.165, 1.54) is 0 Å². The second-order valence-corrected chi connectivity index (χ2v) is 3.08. The molecular weight excluding hydrogens is 216 g/mol. The van der Waals surface area contributed by atoms with Crippen molar-refractivity contribution in [3.05, 3.63) is 0 Å². The van der Waals surface area contributed by atoms with Crippen molar-refractivity contribution in [3.63, 3.8) is 0 Å². The number of hydrogen-bond donors (Lipinski definition) is 3. The fraction of sp³-hybridized carbons (Fsp3) is 0.900. The van der Waals surface area contributed by atoms with Crippen LogP contribution < -0.4 is 0 Å². The summed E-state index contributed by atoms with van der Waals surface area (Å²) in [5, 5.41) is 27.5. The predicted molar refractivity (Wildman–Crippen MR) is 55.7 cm³/mol. The fourth-order valence-corrected chi connectivity index (χ4v) is 1.32. The number of aliphatic hydroxyl groups excluding tert-OH is 3. The van der Waals surface area contributed by atoms with Gasteiger partial charge in [-0.1, -0.05) is 13.8 Å². The topological polar surface area (TPSA) is 96.2 Å². The molecule has 6 nitrogen and oxygen atoms in total. The zero-order valence-corrected chi connectivity index (χ0v) is 9.57. The first-order chi connectivity index (χ1) is 7.69. The van der Waals surface area contributed by atoms with Crippen LogP contribution >= 0.6 is 0 Å². The molecular formula is C10H20O6. The van der Waals surface area contributed by atoms with Gasteiger partial charge in [0.25, 0.3) is 0 Å². The van der Waals surface area contributed by atoms with Crippen molar-refractivity contribution >= 4 is 6.29 Å². The summed E-state index contributed by atoms with van der Waals surface area (Å²) >= 11 is 0. The maximum absolute atomic E-state index is 10.0. The van der Waals surface area contributed by atoms with E-state index >= 15 is 0 Å². The molecule has 0 spiro atoms. The quantitative estimate of drug-likeness (QED) is 0.545. The van der Waals surface area contributed by atoms with Crippen molar-refractivity contribution in [2.24, 2.45) is 0 Å². The highest BCUT2D eigenvalue weighted by Gasteiger charge is 2.36. The van der Waals surface area contributed by atoms with Crippen LogP contribution in [0.3, 0.4) is 0 Å². The lowest BCUT2D eigenvalue weighted by molar-refractivity contribution is -0.254. The molecule has 0 aromatic carbocycles. The third-order valence-electron chi connectivity index (χ3n) is 2.07. The highest BCUT2D eigenvalue weighted by atomic mass is 16.7. The van der Waals surface area contributed by atoms with Gasteiger partial charge in [0.1, 0.15) is 25.1 Å². The van der Waals surface area contributed by atoms with Gasteiger partial charge in [-0.05, 0) is 0 Å². The van der Waals surface area contributed by atoms with Gasteiger partial charge in [-0.3, -0.25) is 0 Å². The molecule has 1 aliphatic heterocycles. The maximum atomic E-state index is 10.0. The number of aldehydes is 1. The van der Waals surface area contributed by atoms with Gasteiger partial charge in [-0.15, -0.1) is 0 Å². The van der Waals surface area contributed by atoms with Crippen LogP contribution in [0.4, 0.5) is 0 Å². The molecule has 0 radical (unpaired) electrons. The summed E-state index contributed by atoms with van der Waals surface area (Å²) < 4.78 is 9.99. The molecule has 0 bridgehead atoms. The molecule has 16 heavy (non-hydrogen) atoms. The van der Waals surface area contributed by atoms with Gasteiger partial charge >= 0.3 is 0 Å². The van der Waals surface area contributed by atoms with Gasteiger partial charge in [-0.2, -0.15) is 0 Å². The standard InChI is InChI=1S/C8H14O6.C2H6/c9-1-2-13-7-3-5(11)8(12)6(4-10)14-7;1-2/h1,5-8,10-12H,2-4H2;1-2H3. The lowest BCUT2D eigenvalue weighted by Gasteiger charge is -2.35. The third-order valence-corrected chi connectivity index (χ3v) is 2.07. The molecule has 96 valence electrons. The monoisotopic (exact) mass is 236 g/mol. The first kappa shape index (κ1) is 15.5. The van der Waals surface area contributed by atoms with Gasteiger partial charge in [0.05, 0.1) is 12.7 Å². The summed E-state index contributed by atoms with van der Waals surface area (Å²) in [6.45, 7) is 3.46. The van der Waals surface area contributed by atoms with Crippen molar-refractivity contribution in [2.45, 2.75) is 44.9 Å². The van der Waals surface area contributed by atoms with Crippen LogP contribution in [0.2, 0.25) is 0 Å². The van der Waals surface area contributed by atoms with Crippen molar-refractivity contribution in [2.75, 3.05) is 13.2 Å². The van der Waals surface area contributed by atoms with Crippen LogP contribution in [0.1, 0.15) is 20.3 Å². The lowest BCUT2D eigenvalue weighted by atomic mass is 10.0. The maximum Gasteiger partial charge on any atom is 0.161 e. The second-order valence-electron chi connectivity index (χ2n) is 3.08. The summed E-state index contributed by atoms with van der Waals surface area (Å²) in [4.78, 5) is 10.0. The summed E-state index contributed by atoms with van der Waals surface area (Å²) in [6.07, 6.45) is -3.08. The SMILES string of the molecule is CC.O=CCOC1CC(O)C(O)C(CO)O1. The molecule has 0 aliphatic carbocycles. The number of aliphatic hydroxyl groups is 3. The zero-order valence-electron chi connectivity index (χ0n) is 9.57. The summed E-state index contributed by atoms with van der Waals surface area (Å²) in [5.74, 6) is 0. The molecule has 0 aromatic heterocycles. The van der Waals surface area contributed by atoms with E-state index in [0.29, 0.717) is 6.29 Å². The predicted octanol–water partition coefficient (Wildman–Crippen LogP) is -0.943. The molecule has 1 heterocycles. The molecule has 3 N–H and O–H groups in total. The van der Waals surface area contributed by atoms with E-state index in [2.05, 4.69) is 0 Å². The number of carbonyl (C=O) groups excluding carboxylic acids is 1. The van der Waals surface area contributed by atoms with E-state index in [9.17, 15) is 15.0 Å². The second kappa shape index (κ2) is 8.60. The first-order valence-corrected chi connectivity index (χ1v) is 5.36. The van der Waals surface area contributed by atoms with E-state index in [-0.39, 0.29) is 13.0 Å². The van der Waals surface area contributed by atoms with Gasteiger partial charge in [-0.25, -0.2) is 0 Å². The van der Waals surface area contributed by atoms with Crippen LogP contribution in [0.5, 0.6) is 0 Å². The highest BCUT2D eigenvalue weighted by molar-refractivity contribution is 5.50. The average molecular weight is 236 g/mol. The molecule has 1 fully saturated rings. The van der Waals surface area contributed by atoms with Gasteiger partial charge in [0.2, 0.25) is 0 Å². The molecule has 1 aliphatic rings. The molecule has 0 aromatic rings. The minimum atomic E-state index is -1.11. The Hall–Kier alpha value is -0.530. The number of hydrogen-bond acceptors (Lipinski definition) is 6. The molecule has 4 atom stereocenters. The first-order valence-electron chi connectivity index (χ1n) is 5.36. The van der Waals surface area contributed by atoms with E-state index in [4.69, 9.17) is 14.6 Å². The van der Waals surface area contributed by atoms with Crippen molar-refractivity contribution < 1.29 is 29.6 Å². The molecule has 6 heteroatoms. The number of carbonyl (C=O) groups is 1. The van der Waals surface area contributed by atoms with E-state index in [0.717, 1.165) is 0 Å². The third kappa shape index (κ3) is 4.54.